The molecule has 0 aliphatic heterocycles. The summed E-state index contributed by atoms with van der Waals surface area (Å²) in [5.74, 6) is 1.00. The van der Waals surface area contributed by atoms with Crippen molar-refractivity contribution in [2.75, 3.05) is 6.26 Å². The molecule has 1 aromatic heterocycles. The molecule has 0 bridgehead atoms. The van der Waals surface area contributed by atoms with Crippen LogP contribution >= 0.6 is 11.8 Å². The zero-order chi connectivity index (χ0) is 9.26. The first-order chi connectivity index (χ1) is 6.31. The number of aromatic nitrogens is 1. The topological polar surface area (TPSA) is 22.1 Å². The molecule has 1 aliphatic rings. The summed E-state index contributed by atoms with van der Waals surface area (Å²) in [4.78, 5) is 4.27. The van der Waals surface area contributed by atoms with Gasteiger partial charge in [0.15, 0.2) is 0 Å². The zero-order valence-electron chi connectivity index (χ0n) is 7.91. The lowest BCUT2D eigenvalue weighted by molar-refractivity contribution is 0.299. The molecule has 2 nitrogen and oxygen atoms in total. The fraction of sp³-hybridized carbons (Fsp3) is 0.500. The number of nitrogens with zero attached hydrogens (tertiary/aromatic N) is 1. The Labute approximate surface area is 82.7 Å². The molecule has 0 aromatic carbocycles. The normalized spacial score (nSPS) is 15.8. The van der Waals surface area contributed by atoms with Crippen molar-refractivity contribution in [3.63, 3.8) is 0 Å². The largest absolute Gasteiger partial charge is 0.490 e. The maximum absolute atomic E-state index is 5.75. The minimum absolute atomic E-state index is 0.468. The van der Waals surface area contributed by atoms with Crippen LogP contribution < -0.4 is 4.74 Å². The molecule has 1 saturated carbocycles. The standard InChI is InChI=1S/C10H13NOS/c1-7-9(12-8-3-4-8)5-6-11-10(7)13-2/h5-6,8H,3-4H2,1-2H3. The van der Waals surface area contributed by atoms with Crippen molar-refractivity contribution in [2.45, 2.75) is 30.9 Å². The first kappa shape index (κ1) is 8.88. The summed E-state index contributed by atoms with van der Waals surface area (Å²) >= 11 is 1.67. The van der Waals surface area contributed by atoms with Crippen LogP contribution in [0.2, 0.25) is 0 Å². The van der Waals surface area contributed by atoms with Crippen LogP contribution in [0.4, 0.5) is 0 Å². The van der Waals surface area contributed by atoms with Crippen LogP contribution in [0.25, 0.3) is 0 Å². The second-order valence-corrected chi connectivity index (χ2v) is 4.06. The summed E-state index contributed by atoms with van der Waals surface area (Å²) < 4.78 is 5.75. The Morgan fingerprint density at radius 3 is 2.92 bits per heavy atom. The van der Waals surface area contributed by atoms with Gasteiger partial charge in [0, 0.05) is 11.8 Å². The number of pyridine rings is 1. The molecular formula is C10H13NOS. The highest BCUT2D eigenvalue weighted by atomic mass is 32.2. The van der Waals surface area contributed by atoms with E-state index in [1.54, 1.807) is 11.8 Å². The van der Waals surface area contributed by atoms with Crippen molar-refractivity contribution < 1.29 is 4.74 Å². The summed E-state index contributed by atoms with van der Waals surface area (Å²) in [5.41, 5.74) is 1.17. The highest BCUT2D eigenvalue weighted by Crippen LogP contribution is 2.31. The van der Waals surface area contributed by atoms with Gasteiger partial charge in [-0.2, -0.15) is 0 Å². The Balaban J connectivity index is 2.22. The lowest BCUT2D eigenvalue weighted by atomic mass is 10.3. The smallest absolute Gasteiger partial charge is 0.126 e. The third-order valence-corrected chi connectivity index (χ3v) is 2.92. The number of rotatable bonds is 3. The molecule has 13 heavy (non-hydrogen) atoms. The van der Waals surface area contributed by atoms with Crippen LogP contribution in [0.1, 0.15) is 18.4 Å². The van der Waals surface area contributed by atoms with Crippen LogP contribution in [0.15, 0.2) is 17.3 Å². The molecule has 0 amide bonds. The van der Waals surface area contributed by atoms with Crippen molar-refractivity contribution in [3.05, 3.63) is 17.8 Å². The number of thioether (sulfide) groups is 1. The summed E-state index contributed by atoms with van der Waals surface area (Å²) in [5, 5.41) is 1.07. The highest BCUT2D eigenvalue weighted by molar-refractivity contribution is 7.98. The molecular weight excluding hydrogens is 182 g/mol. The van der Waals surface area contributed by atoms with Crippen LogP contribution in [-0.4, -0.2) is 17.3 Å². The Morgan fingerprint density at radius 2 is 2.31 bits per heavy atom. The van der Waals surface area contributed by atoms with Crippen molar-refractivity contribution in [2.24, 2.45) is 0 Å². The number of ether oxygens (including phenoxy) is 1. The first-order valence-corrected chi connectivity index (χ1v) is 5.70. The van der Waals surface area contributed by atoms with E-state index in [1.165, 1.54) is 18.4 Å². The summed E-state index contributed by atoms with van der Waals surface area (Å²) in [6, 6.07) is 1.95. The van der Waals surface area contributed by atoms with E-state index in [0.29, 0.717) is 6.10 Å². The second-order valence-electron chi connectivity index (χ2n) is 3.26. The molecule has 70 valence electrons. The van der Waals surface area contributed by atoms with E-state index in [0.717, 1.165) is 10.8 Å². The van der Waals surface area contributed by atoms with Gasteiger partial charge in [-0.15, -0.1) is 11.8 Å². The molecule has 2 rings (SSSR count). The van der Waals surface area contributed by atoms with Gasteiger partial charge in [-0.1, -0.05) is 0 Å². The van der Waals surface area contributed by atoms with E-state index in [-0.39, 0.29) is 0 Å². The first-order valence-electron chi connectivity index (χ1n) is 4.47. The van der Waals surface area contributed by atoms with Gasteiger partial charge in [-0.3, -0.25) is 0 Å². The fourth-order valence-corrected chi connectivity index (χ4v) is 1.77. The molecule has 1 heterocycles. The number of hydrogen-bond donors (Lipinski definition) is 0. The monoisotopic (exact) mass is 195 g/mol. The molecule has 0 radical (unpaired) electrons. The average molecular weight is 195 g/mol. The van der Waals surface area contributed by atoms with E-state index in [1.807, 2.05) is 18.5 Å². The quantitative estimate of drug-likeness (QED) is 0.692. The average Bonchev–Trinajstić information content (AvgIpc) is 2.92. The van der Waals surface area contributed by atoms with Gasteiger partial charge in [0.25, 0.3) is 0 Å². The van der Waals surface area contributed by atoms with Gasteiger partial charge in [-0.05, 0) is 32.1 Å². The third kappa shape index (κ3) is 1.97. The molecule has 1 aliphatic carbocycles. The van der Waals surface area contributed by atoms with Crippen LogP contribution in [0.3, 0.4) is 0 Å². The molecule has 0 atom stereocenters. The molecule has 0 saturated heterocycles. The van der Waals surface area contributed by atoms with E-state index >= 15 is 0 Å². The predicted molar refractivity (Wildman–Crippen MR) is 54.4 cm³/mol. The predicted octanol–water partition coefficient (Wildman–Crippen LogP) is 2.65. The SMILES string of the molecule is CSc1nccc(OC2CC2)c1C. The van der Waals surface area contributed by atoms with Gasteiger partial charge < -0.3 is 4.74 Å². The molecule has 1 aromatic rings. The third-order valence-electron chi connectivity index (χ3n) is 2.12. The van der Waals surface area contributed by atoms with E-state index in [9.17, 15) is 0 Å². The van der Waals surface area contributed by atoms with Crippen LogP contribution in [0, 0.1) is 6.92 Å². The minimum atomic E-state index is 0.468. The van der Waals surface area contributed by atoms with E-state index in [2.05, 4.69) is 11.9 Å². The van der Waals surface area contributed by atoms with Crippen molar-refractivity contribution in [1.29, 1.82) is 0 Å². The molecule has 0 unspecified atom stereocenters. The van der Waals surface area contributed by atoms with Gasteiger partial charge >= 0.3 is 0 Å². The van der Waals surface area contributed by atoms with Crippen LogP contribution in [-0.2, 0) is 0 Å². The zero-order valence-corrected chi connectivity index (χ0v) is 8.73. The fourth-order valence-electron chi connectivity index (χ4n) is 1.20. The molecule has 1 fully saturated rings. The second kappa shape index (κ2) is 3.58. The molecule has 0 spiro atoms. The van der Waals surface area contributed by atoms with Gasteiger partial charge in [0.1, 0.15) is 10.8 Å². The lowest BCUT2D eigenvalue weighted by Gasteiger charge is -2.09. The molecule has 3 heteroatoms. The summed E-state index contributed by atoms with van der Waals surface area (Å²) in [6.45, 7) is 2.07. The maximum atomic E-state index is 5.75. The number of hydrogen-bond acceptors (Lipinski definition) is 3. The van der Waals surface area contributed by atoms with Crippen LogP contribution in [0.5, 0.6) is 5.75 Å². The van der Waals surface area contributed by atoms with Crippen molar-refractivity contribution in [1.82, 2.24) is 4.98 Å². The van der Waals surface area contributed by atoms with E-state index in [4.69, 9.17) is 4.74 Å². The Hall–Kier alpha value is -0.700. The minimum Gasteiger partial charge on any atom is -0.490 e. The van der Waals surface area contributed by atoms with Crippen molar-refractivity contribution in [3.8, 4) is 5.75 Å². The Kier molecular flexibility index (Phi) is 2.44. The summed E-state index contributed by atoms with van der Waals surface area (Å²) in [6.07, 6.45) is 6.73. The van der Waals surface area contributed by atoms with Gasteiger partial charge in [0.05, 0.1) is 6.10 Å². The highest BCUT2D eigenvalue weighted by Gasteiger charge is 2.24. The summed E-state index contributed by atoms with van der Waals surface area (Å²) in [7, 11) is 0. The molecule has 0 N–H and O–H groups in total. The lowest BCUT2D eigenvalue weighted by Crippen LogP contribution is -1.99. The van der Waals surface area contributed by atoms with Gasteiger partial charge in [0.2, 0.25) is 0 Å². The van der Waals surface area contributed by atoms with Crippen molar-refractivity contribution >= 4 is 11.8 Å². The Morgan fingerprint density at radius 1 is 1.54 bits per heavy atom. The van der Waals surface area contributed by atoms with E-state index < -0.39 is 0 Å². The van der Waals surface area contributed by atoms with Gasteiger partial charge in [-0.25, -0.2) is 4.98 Å². The Bertz CT molecular complexity index is 310. The maximum Gasteiger partial charge on any atom is 0.126 e.